The molecule has 0 saturated heterocycles. The lowest BCUT2D eigenvalue weighted by molar-refractivity contribution is -0.137. The highest BCUT2D eigenvalue weighted by Crippen LogP contribution is 2.36. The number of thiazole rings is 1. The van der Waals surface area contributed by atoms with Gasteiger partial charge in [0.2, 0.25) is 0 Å². The molecule has 5 rings (SSSR count). The molecule has 0 radical (unpaired) electrons. The number of carbonyl (C=O) groups excluding carboxylic acids is 1. The molecule has 0 aliphatic carbocycles. The number of aromatic nitrogens is 1. The van der Waals surface area contributed by atoms with E-state index < -0.39 is 17.4 Å². The van der Waals surface area contributed by atoms with Crippen molar-refractivity contribution in [1.29, 1.82) is 0 Å². The summed E-state index contributed by atoms with van der Waals surface area (Å²) < 4.78 is 11.3. The molecule has 9 heteroatoms. The molecular formula is C30H28N2O5S2. The standard InChI is InChI=1S/C30H28N2O5S2/c1-2-3-15-36-30(35)32-26(16-27(33)34)38-17-21-18-39-29(31-21)20-13-11-19(12-14-20)22-8-6-9-24-23-7-4-5-10-25(23)37-28(22)24/h4-14,18,26H,2-3,15-17H2,1H3,(H,32,35)(H,33,34). The number of amides is 1. The molecule has 2 heterocycles. The SMILES string of the molecule is CCCCOC(=O)NC(CC(=O)O)SCc1csc(-c2ccc(-c3cccc4c3oc3ccccc34)cc2)n1. The van der Waals surface area contributed by atoms with Gasteiger partial charge in [-0.25, -0.2) is 9.78 Å². The number of alkyl carbamates (subject to hydrolysis) is 1. The Morgan fingerprint density at radius 3 is 2.62 bits per heavy atom. The quantitative estimate of drug-likeness (QED) is 0.125. The van der Waals surface area contributed by atoms with Gasteiger partial charge in [-0.1, -0.05) is 74.0 Å². The number of unbranched alkanes of at least 4 members (excludes halogenated alkanes) is 1. The summed E-state index contributed by atoms with van der Waals surface area (Å²) in [6.07, 6.45) is 0.874. The molecule has 0 saturated carbocycles. The number of furan rings is 1. The highest BCUT2D eigenvalue weighted by molar-refractivity contribution is 7.99. The van der Waals surface area contributed by atoms with Gasteiger partial charge in [-0.05, 0) is 18.1 Å². The fourth-order valence-corrected chi connectivity index (χ4v) is 6.14. The smallest absolute Gasteiger partial charge is 0.408 e. The number of carboxylic acids is 1. The summed E-state index contributed by atoms with van der Waals surface area (Å²) in [5, 5.41) is 16.3. The molecule has 0 aliphatic rings. The highest BCUT2D eigenvalue weighted by Gasteiger charge is 2.18. The summed E-state index contributed by atoms with van der Waals surface area (Å²) in [6, 6.07) is 22.5. The third-order valence-corrected chi connectivity index (χ3v) is 8.29. The van der Waals surface area contributed by atoms with Crippen LogP contribution < -0.4 is 5.32 Å². The molecule has 0 aliphatic heterocycles. The number of carbonyl (C=O) groups is 2. The lowest BCUT2D eigenvalue weighted by atomic mass is 10.0. The number of para-hydroxylation sites is 2. The van der Waals surface area contributed by atoms with E-state index in [-0.39, 0.29) is 6.42 Å². The molecule has 1 unspecified atom stereocenters. The molecule has 2 N–H and O–H groups in total. The van der Waals surface area contributed by atoms with Crippen molar-refractivity contribution in [2.24, 2.45) is 0 Å². The Labute approximate surface area is 234 Å². The molecule has 5 aromatic rings. The zero-order valence-corrected chi connectivity index (χ0v) is 23.0. The first kappa shape index (κ1) is 26.8. The number of rotatable bonds is 11. The molecule has 200 valence electrons. The second-order valence-electron chi connectivity index (χ2n) is 9.03. The Bertz CT molecular complexity index is 1590. The van der Waals surface area contributed by atoms with Gasteiger partial charge in [0, 0.05) is 33.0 Å². The fourth-order valence-electron chi connectivity index (χ4n) is 4.25. The highest BCUT2D eigenvalue weighted by atomic mass is 32.2. The van der Waals surface area contributed by atoms with Crippen LogP contribution in [0.3, 0.4) is 0 Å². The normalized spacial score (nSPS) is 12.0. The summed E-state index contributed by atoms with van der Waals surface area (Å²) >= 11 is 2.85. The van der Waals surface area contributed by atoms with Crippen molar-refractivity contribution in [3.05, 3.63) is 77.8 Å². The van der Waals surface area contributed by atoms with Gasteiger partial charge >= 0.3 is 12.1 Å². The molecule has 0 spiro atoms. The van der Waals surface area contributed by atoms with Crippen LogP contribution in [0.5, 0.6) is 0 Å². The zero-order valence-electron chi connectivity index (χ0n) is 21.4. The largest absolute Gasteiger partial charge is 0.481 e. The van der Waals surface area contributed by atoms with Crippen molar-refractivity contribution < 1.29 is 23.8 Å². The molecule has 1 amide bonds. The average molecular weight is 561 g/mol. The van der Waals surface area contributed by atoms with E-state index in [1.807, 2.05) is 42.6 Å². The molecule has 0 bridgehead atoms. The number of ether oxygens (including phenoxy) is 1. The van der Waals surface area contributed by atoms with Crippen LogP contribution in [0, 0.1) is 0 Å². The van der Waals surface area contributed by atoms with E-state index in [0.29, 0.717) is 12.4 Å². The van der Waals surface area contributed by atoms with E-state index in [0.717, 1.165) is 62.2 Å². The first-order chi connectivity index (χ1) is 19.0. The van der Waals surface area contributed by atoms with Gasteiger partial charge in [0.25, 0.3) is 0 Å². The van der Waals surface area contributed by atoms with E-state index in [1.54, 1.807) is 0 Å². The Hall–Kier alpha value is -3.82. The van der Waals surface area contributed by atoms with Crippen LogP contribution >= 0.6 is 23.1 Å². The summed E-state index contributed by atoms with van der Waals surface area (Å²) in [7, 11) is 0. The van der Waals surface area contributed by atoms with Gasteiger partial charge in [0.1, 0.15) is 16.2 Å². The van der Waals surface area contributed by atoms with E-state index in [4.69, 9.17) is 14.1 Å². The lowest BCUT2D eigenvalue weighted by Crippen LogP contribution is -2.35. The van der Waals surface area contributed by atoms with Crippen molar-refractivity contribution in [1.82, 2.24) is 10.3 Å². The third-order valence-electron chi connectivity index (χ3n) is 6.20. The van der Waals surface area contributed by atoms with Crippen molar-refractivity contribution >= 4 is 57.1 Å². The molecular weight excluding hydrogens is 532 g/mol. The molecule has 39 heavy (non-hydrogen) atoms. The van der Waals surface area contributed by atoms with E-state index in [9.17, 15) is 14.7 Å². The minimum Gasteiger partial charge on any atom is -0.481 e. The summed E-state index contributed by atoms with van der Waals surface area (Å²) in [5.74, 6) is -0.519. The van der Waals surface area contributed by atoms with Crippen LogP contribution in [0.25, 0.3) is 43.6 Å². The van der Waals surface area contributed by atoms with Crippen LogP contribution in [0.2, 0.25) is 0 Å². The second kappa shape index (κ2) is 12.4. The molecule has 1 atom stereocenters. The minimum absolute atomic E-state index is 0.204. The van der Waals surface area contributed by atoms with Crippen molar-refractivity contribution in [2.75, 3.05) is 6.61 Å². The van der Waals surface area contributed by atoms with E-state index >= 15 is 0 Å². The Kier molecular flexibility index (Phi) is 8.48. The summed E-state index contributed by atoms with van der Waals surface area (Å²) in [6.45, 7) is 2.32. The van der Waals surface area contributed by atoms with Gasteiger partial charge in [0.15, 0.2) is 0 Å². The Morgan fingerprint density at radius 2 is 1.82 bits per heavy atom. The number of hydrogen-bond acceptors (Lipinski definition) is 7. The predicted octanol–water partition coefficient (Wildman–Crippen LogP) is 7.94. The Balaban J connectivity index is 1.26. The molecule has 0 fully saturated rings. The monoisotopic (exact) mass is 560 g/mol. The second-order valence-corrected chi connectivity index (χ2v) is 11.1. The Morgan fingerprint density at radius 1 is 1.05 bits per heavy atom. The van der Waals surface area contributed by atoms with Gasteiger partial charge in [-0.15, -0.1) is 23.1 Å². The summed E-state index contributed by atoms with van der Waals surface area (Å²) in [5.41, 5.74) is 5.67. The minimum atomic E-state index is -0.987. The van der Waals surface area contributed by atoms with Gasteiger partial charge in [0.05, 0.1) is 24.1 Å². The number of nitrogens with zero attached hydrogens (tertiary/aromatic N) is 1. The van der Waals surface area contributed by atoms with Gasteiger partial charge < -0.3 is 19.6 Å². The van der Waals surface area contributed by atoms with Gasteiger partial charge in [-0.2, -0.15) is 0 Å². The fraction of sp³-hybridized carbons (Fsp3) is 0.233. The maximum absolute atomic E-state index is 12.0. The third kappa shape index (κ3) is 6.43. The number of aliphatic carboxylic acids is 1. The maximum atomic E-state index is 12.0. The molecule has 2 aromatic heterocycles. The van der Waals surface area contributed by atoms with Crippen LogP contribution in [0.4, 0.5) is 4.79 Å². The van der Waals surface area contributed by atoms with Crippen molar-refractivity contribution in [3.8, 4) is 21.7 Å². The number of thioether (sulfide) groups is 1. The molecule has 3 aromatic carbocycles. The number of benzene rings is 3. The first-order valence-corrected chi connectivity index (χ1v) is 14.7. The van der Waals surface area contributed by atoms with Crippen LogP contribution in [-0.4, -0.2) is 34.1 Å². The zero-order chi connectivity index (χ0) is 27.2. The van der Waals surface area contributed by atoms with Crippen LogP contribution in [-0.2, 0) is 15.3 Å². The number of fused-ring (bicyclic) bond motifs is 3. The topological polar surface area (TPSA) is 102 Å². The lowest BCUT2D eigenvalue weighted by Gasteiger charge is -2.16. The first-order valence-electron chi connectivity index (χ1n) is 12.7. The predicted molar refractivity (Wildman–Crippen MR) is 157 cm³/mol. The number of carboxylic acid groups (broad SMARTS) is 1. The van der Waals surface area contributed by atoms with Gasteiger partial charge in [-0.3, -0.25) is 4.79 Å². The van der Waals surface area contributed by atoms with Crippen LogP contribution in [0.1, 0.15) is 31.9 Å². The van der Waals surface area contributed by atoms with Crippen LogP contribution in [0.15, 0.2) is 76.5 Å². The summed E-state index contributed by atoms with van der Waals surface area (Å²) in [4.78, 5) is 28.0. The average Bonchev–Trinajstić information content (AvgIpc) is 3.57. The van der Waals surface area contributed by atoms with E-state index in [1.165, 1.54) is 23.1 Å². The van der Waals surface area contributed by atoms with Crippen molar-refractivity contribution in [3.63, 3.8) is 0 Å². The van der Waals surface area contributed by atoms with Crippen molar-refractivity contribution in [2.45, 2.75) is 37.3 Å². The number of nitrogens with one attached hydrogen (secondary N) is 1. The maximum Gasteiger partial charge on any atom is 0.408 e. The molecule has 7 nitrogen and oxygen atoms in total. The van der Waals surface area contributed by atoms with E-state index in [2.05, 4.69) is 41.7 Å². The number of hydrogen-bond donors (Lipinski definition) is 2.